The predicted molar refractivity (Wildman–Crippen MR) is 108 cm³/mol. The smallest absolute Gasteiger partial charge is 0.344 e. The van der Waals surface area contributed by atoms with Gasteiger partial charge in [-0.05, 0) is 54.0 Å². The quantitative estimate of drug-likeness (QED) is 0.486. The summed E-state index contributed by atoms with van der Waals surface area (Å²) >= 11 is 3.49. The number of rotatable bonds is 10. The highest BCUT2D eigenvalue weighted by molar-refractivity contribution is 7.98. The number of amides is 1. The van der Waals surface area contributed by atoms with Crippen LogP contribution in [0.15, 0.2) is 35.7 Å². The largest absolute Gasteiger partial charge is 0.482 e. The molecule has 1 aliphatic carbocycles. The number of aryl methyl sites for hydroxylation is 2. The molecule has 0 saturated carbocycles. The minimum Gasteiger partial charge on any atom is -0.482 e. The summed E-state index contributed by atoms with van der Waals surface area (Å²) in [4.78, 5) is 24.8. The van der Waals surface area contributed by atoms with E-state index in [1.807, 2.05) is 24.3 Å². The number of carbonyl (C=O) groups excluding carboxylic acids is 2. The van der Waals surface area contributed by atoms with Crippen LogP contribution in [0.3, 0.4) is 0 Å². The number of thioether (sulfide) groups is 1. The molecule has 1 aliphatic rings. The molecule has 1 aromatic heterocycles. The molecule has 1 heterocycles. The van der Waals surface area contributed by atoms with E-state index in [0.717, 1.165) is 24.3 Å². The second-order valence-electron chi connectivity index (χ2n) is 6.22. The van der Waals surface area contributed by atoms with Crippen molar-refractivity contribution in [2.24, 2.45) is 0 Å². The fourth-order valence-electron chi connectivity index (χ4n) is 2.85. The van der Waals surface area contributed by atoms with Crippen molar-refractivity contribution in [3.05, 3.63) is 51.7 Å². The molecule has 1 N–H and O–H groups in total. The van der Waals surface area contributed by atoms with Crippen molar-refractivity contribution >= 4 is 35.0 Å². The number of hydrogen-bond donors (Lipinski definition) is 1. The standard InChI is InChI=1S/C20H23NO4S2/c22-19(21-8-10-26-14-18-5-2-9-27-18)12-25-20(23)13-24-17-7-6-15-3-1-4-16(15)11-17/h2,5-7,9,11H,1,3-4,8,10,12-14H2,(H,21,22). The van der Waals surface area contributed by atoms with Crippen LogP contribution in [0.25, 0.3) is 0 Å². The molecule has 1 aromatic carbocycles. The Morgan fingerprint density at radius 1 is 1.15 bits per heavy atom. The average molecular weight is 406 g/mol. The molecule has 7 heteroatoms. The summed E-state index contributed by atoms with van der Waals surface area (Å²) in [6.07, 6.45) is 3.34. The monoisotopic (exact) mass is 405 g/mol. The maximum Gasteiger partial charge on any atom is 0.344 e. The summed E-state index contributed by atoms with van der Waals surface area (Å²) in [7, 11) is 0. The molecular weight excluding hydrogens is 382 g/mol. The van der Waals surface area contributed by atoms with Gasteiger partial charge >= 0.3 is 5.97 Å². The van der Waals surface area contributed by atoms with E-state index in [0.29, 0.717) is 12.3 Å². The molecule has 1 amide bonds. The zero-order chi connectivity index (χ0) is 18.9. The molecule has 0 unspecified atom stereocenters. The Kier molecular flexibility index (Phi) is 7.59. The fourth-order valence-corrected chi connectivity index (χ4v) is 4.55. The lowest BCUT2D eigenvalue weighted by Crippen LogP contribution is -2.31. The second-order valence-corrected chi connectivity index (χ2v) is 8.35. The van der Waals surface area contributed by atoms with E-state index in [4.69, 9.17) is 9.47 Å². The molecule has 5 nitrogen and oxygen atoms in total. The van der Waals surface area contributed by atoms with Crippen LogP contribution in [0.1, 0.15) is 22.4 Å². The van der Waals surface area contributed by atoms with Crippen molar-refractivity contribution in [2.75, 3.05) is 25.5 Å². The summed E-state index contributed by atoms with van der Waals surface area (Å²) in [5.41, 5.74) is 2.65. The molecular formula is C20H23NO4S2. The minimum absolute atomic E-state index is 0.192. The van der Waals surface area contributed by atoms with Gasteiger partial charge in [0.2, 0.25) is 0 Å². The first-order chi connectivity index (χ1) is 13.2. The van der Waals surface area contributed by atoms with Gasteiger partial charge in [-0.15, -0.1) is 11.3 Å². The van der Waals surface area contributed by atoms with Crippen molar-refractivity contribution in [2.45, 2.75) is 25.0 Å². The molecule has 27 heavy (non-hydrogen) atoms. The van der Waals surface area contributed by atoms with Crippen molar-refractivity contribution < 1.29 is 19.1 Å². The Balaban J connectivity index is 1.24. The van der Waals surface area contributed by atoms with E-state index in [1.54, 1.807) is 23.1 Å². The molecule has 0 spiro atoms. The van der Waals surface area contributed by atoms with Crippen LogP contribution in [-0.2, 0) is 32.9 Å². The fraction of sp³-hybridized carbons (Fsp3) is 0.400. The Bertz CT molecular complexity index is 761. The van der Waals surface area contributed by atoms with Gasteiger partial charge in [-0.1, -0.05) is 12.1 Å². The lowest BCUT2D eigenvalue weighted by atomic mass is 10.1. The van der Waals surface area contributed by atoms with Gasteiger partial charge in [-0.3, -0.25) is 4.79 Å². The number of nitrogens with one attached hydrogen (secondary N) is 1. The van der Waals surface area contributed by atoms with Crippen LogP contribution >= 0.6 is 23.1 Å². The van der Waals surface area contributed by atoms with Crippen LogP contribution in [0.5, 0.6) is 5.75 Å². The Labute approximate surface area is 167 Å². The Hall–Kier alpha value is -1.99. The Morgan fingerprint density at radius 2 is 2.04 bits per heavy atom. The SMILES string of the molecule is O=C(COC(=O)COc1ccc2c(c1)CCC2)NCCSCc1cccs1. The number of carbonyl (C=O) groups is 2. The first-order valence-corrected chi connectivity index (χ1v) is 11.0. The summed E-state index contributed by atoms with van der Waals surface area (Å²) in [5, 5.41) is 4.80. The van der Waals surface area contributed by atoms with Gasteiger partial charge in [-0.25, -0.2) is 4.79 Å². The minimum atomic E-state index is -0.544. The van der Waals surface area contributed by atoms with Crippen LogP contribution in [0.4, 0.5) is 0 Å². The lowest BCUT2D eigenvalue weighted by molar-refractivity contribution is -0.150. The second kappa shape index (κ2) is 10.4. The highest BCUT2D eigenvalue weighted by atomic mass is 32.2. The predicted octanol–water partition coefficient (Wildman–Crippen LogP) is 3.21. The molecule has 0 fully saturated rings. The van der Waals surface area contributed by atoms with E-state index >= 15 is 0 Å². The first-order valence-electron chi connectivity index (χ1n) is 8.98. The highest BCUT2D eigenvalue weighted by Gasteiger charge is 2.12. The normalized spacial score (nSPS) is 12.4. The van der Waals surface area contributed by atoms with E-state index in [1.165, 1.54) is 22.4 Å². The zero-order valence-corrected chi connectivity index (χ0v) is 16.7. The summed E-state index contributed by atoms with van der Waals surface area (Å²) in [6.45, 7) is 0.0861. The molecule has 144 valence electrons. The van der Waals surface area contributed by atoms with Gasteiger partial charge in [0.15, 0.2) is 13.2 Å². The number of ether oxygens (including phenoxy) is 2. The molecule has 0 atom stereocenters. The Morgan fingerprint density at radius 3 is 2.89 bits per heavy atom. The van der Waals surface area contributed by atoms with Gasteiger partial charge in [0.1, 0.15) is 5.75 Å². The zero-order valence-electron chi connectivity index (χ0n) is 15.1. The molecule has 0 aliphatic heterocycles. The third-order valence-corrected chi connectivity index (χ3v) is 6.25. The van der Waals surface area contributed by atoms with E-state index in [2.05, 4.69) is 16.8 Å². The molecule has 0 bridgehead atoms. The van der Waals surface area contributed by atoms with E-state index in [9.17, 15) is 9.59 Å². The van der Waals surface area contributed by atoms with Crippen LogP contribution in [0, 0.1) is 0 Å². The summed E-state index contributed by atoms with van der Waals surface area (Å²) < 4.78 is 10.4. The van der Waals surface area contributed by atoms with Crippen molar-refractivity contribution in [3.8, 4) is 5.75 Å². The average Bonchev–Trinajstić information content (AvgIpc) is 3.35. The number of hydrogen-bond acceptors (Lipinski definition) is 6. The highest BCUT2D eigenvalue weighted by Crippen LogP contribution is 2.25. The van der Waals surface area contributed by atoms with Gasteiger partial charge < -0.3 is 14.8 Å². The van der Waals surface area contributed by atoms with Crippen LogP contribution in [0.2, 0.25) is 0 Å². The summed E-state index contributed by atoms with van der Waals surface area (Å²) in [6, 6.07) is 10.0. The molecule has 0 saturated heterocycles. The van der Waals surface area contributed by atoms with Gasteiger partial charge in [-0.2, -0.15) is 11.8 Å². The molecule has 2 aromatic rings. The molecule has 0 radical (unpaired) electrons. The van der Waals surface area contributed by atoms with Crippen LogP contribution in [-0.4, -0.2) is 37.4 Å². The van der Waals surface area contributed by atoms with Gasteiger partial charge in [0.25, 0.3) is 5.91 Å². The lowest BCUT2D eigenvalue weighted by Gasteiger charge is -2.09. The number of thiophene rings is 1. The van der Waals surface area contributed by atoms with Crippen LogP contribution < -0.4 is 10.1 Å². The van der Waals surface area contributed by atoms with E-state index in [-0.39, 0.29) is 19.1 Å². The van der Waals surface area contributed by atoms with Crippen molar-refractivity contribution in [1.82, 2.24) is 5.32 Å². The third-order valence-electron chi connectivity index (χ3n) is 4.18. The van der Waals surface area contributed by atoms with Gasteiger partial charge in [0, 0.05) is 22.9 Å². The number of benzene rings is 1. The van der Waals surface area contributed by atoms with Crippen molar-refractivity contribution in [3.63, 3.8) is 0 Å². The summed E-state index contributed by atoms with van der Waals surface area (Å²) in [5.74, 6) is 1.59. The van der Waals surface area contributed by atoms with Gasteiger partial charge in [0.05, 0.1) is 0 Å². The van der Waals surface area contributed by atoms with E-state index < -0.39 is 5.97 Å². The maximum absolute atomic E-state index is 11.7. The third kappa shape index (κ3) is 6.59. The van der Waals surface area contributed by atoms with Crippen molar-refractivity contribution in [1.29, 1.82) is 0 Å². The first kappa shape index (κ1) is 19.8. The number of fused-ring (bicyclic) bond motifs is 1. The molecule has 3 rings (SSSR count). The topological polar surface area (TPSA) is 64.6 Å². The number of esters is 1. The maximum atomic E-state index is 11.7.